The Labute approximate surface area is 170 Å². The first-order valence-electron chi connectivity index (χ1n) is 9.41. The molecule has 1 saturated carbocycles. The maximum absolute atomic E-state index is 12.5. The highest BCUT2D eigenvalue weighted by Gasteiger charge is 2.30. The highest BCUT2D eigenvalue weighted by atomic mass is 79.9. The summed E-state index contributed by atoms with van der Waals surface area (Å²) in [5.41, 5.74) is 2.08. The molecule has 0 radical (unpaired) electrons. The Morgan fingerprint density at radius 2 is 1.79 bits per heavy atom. The predicted octanol–water partition coefficient (Wildman–Crippen LogP) is 3.93. The van der Waals surface area contributed by atoms with Gasteiger partial charge in [0.25, 0.3) is 5.91 Å². The molecule has 1 aliphatic carbocycles. The van der Waals surface area contributed by atoms with E-state index in [9.17, 15) is 4.79 Å². The van der Waals surface area contributed by atoms with Crippen LogP contribution in [0.5, 0.6) is 0 Å². The number of amides is 1. The molecule has 1 saturated heterocycles. The molecular formula is C20H19BrN4O3. The number of aromatic nitrogens is 2. The van der Waals surface area contributed by atoms with Crippen LogP contribution in [0.1, 0.15) is 35.2 Å². The Hall–Kier alpha value is -2.61. The maximum atomic E-state index is 12.5. The van der Waals surface area contributed by atoms with Crippen molar-refractivity contribution < 1.29 is 13.7 Å². The standard InChI is InChI=1S/C20H19BrN4O3/c21-17-8-7-16(27-17)20(26)25-11-9-24(10-12-25)15-5-3-13(4-6-15)18-22-19(28-23-18)14-1-2-14/h3-8,14H,1-2,9-12H2. The summed E-state index contributed by atoms with van der Waals surface area (Å²) in [4.78, 5) is 21.1. The first-order valence-corrected chi connectivity index (χ1v) is 10.2. The Bertz CT molecular complexity index is 985. The first-order chi connectivity index (χ1) is 13.7. The number of rotatable bonds is 4. The van der Waals surface area contributed by atoms with Crippen molar-refractivity contribution in [1.29, 1.82) is 0 Å². The summed E-state index contributed by atoms with van der Waals surface area (Å²) in [5.74, 6) is 2.17. The molecule has 0 N–H and O–H groups in total. The Balaban J connectivity index is 1.22. The zero-order chi connectivity index (χ0) is 19.1. The molecule has 0 atom stereocenters. The van der Waals surface area contributed by atoms with Gasteiger partial charge in [-0.05, 0) is 65.2 Å². The fourth-order valence-corrected chi connectivity index (χ4v) is 3.73. The minimum atomic E-state index is -0.0655. The van der Waals surface area contributed by atoms with Crippen LogP contribution in [0.4, 0.5) is 5.69 Å². The van der Waals surface area contributed by atoms with E-state index in [1.807, 2.05) is 17.0 Å². The minimum absolute atomic E-state index is 0.0655. The highest BCUT2D eigenvalue weighted by molar-refractivity contribution is 9.10. The van der Waals surface area contributed by atoms with Crippen LogP contribution >= 0.6 is 15.9 Å². The molecule has 0 unspecified atom stereocenters. The van der Waals surface area contributed by atoms with Crippen LogP contribution in [-0.4, -0.2) is 47.1 Å². The van der Waals surface area contributed by atoms with E-state index in [1.165, 1.54) is 0 Å². The van der Waals surface area contributed by atoms with Gasteiger partial charge in [-0.3, -0.25) is 4.79 Å². The fourth-order valence-electron chi connectivity index (χ4n) is 3.42. The van der Waals surface area contributed by atoms with Crippen molar-refractivity contribution in [3.63, 3.8) is 0 Å². The molecular weight excluding hydrogens is 424 g/mol. The number of hydrogen-bond donors (Lipinski definition) is 0. The quantitative estimate of drug-likeness (QED) is 0.608. The van der Waals surface area contributed by atoms with Crippen molar-refractivity contribution in [1.82, 2.24) is 15.0 Å². The molecule has 28 heavy (non-hydrogen) atoms. The number of furan rings is 1. The van der Waals surface area contributed by atoms with Gasteiger partial charge < -0.3 is 18.7 Å². The molecule has 0 bridgehead atoms. The summed E-state index contributed by atoms with van der Waals surface area (Å²) >= 11 is 3.24. The number of piperazine rings is 1. The van der Waals surface area contributed by atoms with E-state index in [0.717, 1.165) is 43.1 Å². The number of anilines is 1. The lowest BCUT2D eigenvalue weighted by Gasteiger charge is -2.35. The molecule has 2 aromatic heterocycles. The van der Waals surface area contributed by atoms with Crippen molar-refractivity contribution in [3.05, 3.63) is 52.7 Å². The van der Waals surface area contributed by atoms with Crippen molar-refractivity contribution in [2.24, 2.45) is 0 Å². The van der Waals surface area contributed by atoms with Crippen LogP contribution in [0.2, 0.25) is 0 Å². The van der Waals surface area contributed by atoms with Crippen LogP contribution in [-0.2, 0) is 0 Å². The second-order valence-electron chi connectivity index (χ2n) is 7.16. The van der Waals surface area contributed by atoms with Crippen LogP contribution in [0, 0.1) is 0 Å². The lowest BCUT2D eigenvalue weighted by Crippen LogP contribution is -2.48. The van der Waals surface area contributed by atoms with E-state index in [2.05, 4.69) is 43.1 Å². The van der Waals surface area contributed by atoms with Crippen LogP contribution in [0.25, 0.3) is 11.4 Å². The van der Waals surface area contributed by atoms with E-state index in [-0.39, 0.29) is 5.91 Å². The summed E-state index contributed by atoms with van der Waals surface area (Å²) in [7, 11) is 0. The average molecular weight is 443 g/mol. The molecule has 5 rings (SSSR count). The third-order valence-electron chi connectivity index (χ3n) is 5.21. The summed E-state index contributed by atoms with van der Waals surface area (Å²) < 4.78 is 11.3. The largest absolute Gasteiger partial charge is 0.444 e. The molecule has 3 heterocycles. The summed E-state index contributed by atoms with van der Waals surface area (Å²) in [6, 6.07) is 11.6. The SMILES string of the molecule is O=C(c1ccc(Br)o1)N1CCN(c2ccc(-c3noc(C4CC4)n3)cc2)CC1. The van der Waals surface area contributed by atoms with Crippen LogP contribution in [0.3, 0.4) is 0 Å². The van der Waals surface area contributed by atoms with E-state index in [1.54, 1.807) is 12.1 Å². The van der Waals surface area contributed by atoms with Gasteiger partial charge in [0.15, 0.2) is 10.4 Å². The average Bonchev–Trinajstić information content (AvgIpc) is 3.30. The second kappa shape index (κ2) is 7.09. The maximum Gasteiger partial charge on any atom is 0.289 e. The molecule has 0 spiro atoms. The van der Waals surface area contributed by atoms with Gasteiger partial charge in [0.2, 0.25) is 11.7 Å². The smallest absolute Gasteiger partial charge is 0.289 e. The molecule has 3 aromatic rings. The van der Waals surface area contributed by atoms with Crippen LogP contribution < -0.4 is 4.90 Å². The Morgan fingerprint density at radius 1 is 1.04 bits per heavy atom. The number of benzene rings is 1. The summed E-state index contributed by atoms with van der Waals surface area (Å²) in [6.45, 7) is 2.88. The second-order valence-corrected chi connectivity index (χ2v) is 7.94. The van der Waals surface area contributed by atoms with Crippen LogP contribution in [0.15, 0.2) is 50.0 Å². The van der Waals surface area contributed by atoms with Gasteiger partial charge >= 0.3 is 0 Å². The van der Waals surface area contributed by atoms with E-state index in [4.69, 9.17) is 8.94 Å². The van der Waals surface area contributed by atoms with Gasteiger partial charge in [0.05, 0.1) is 0 Å². The number of carbonyl (C=O) groups is 1. The zero-order valence-electron chi connectivity index (χ0n) is 15.2. The number of nitrogens with zero attached hydrogens (tertiary/aromatic N) is 4. The van der Waals surface area contributed by atoms with Gasteiger partial charge in [-0.15, -0.1) is 0 Å². The monoisotopic (exact) mass is 442 g/mol. The lowest BCUT2D eigenvalue weighted by molar-refractivity contribution is 0.0713. The van der Waals surface area contributed by atoms with Crippen molar-refractivity contribution in [2.75, 3.05) is 31.1 Å². The Kier molecular flexibility index (Phi) is 4.43. The van der Waals surface area contributed by atoms with Gasteiger partial charge in [-0.2, -0.15) is 4.98 Å². The predicted molar refractivity (Wildman–Crippen MR) is 106 cm³/mol. The molecule has 2 aliphatic rings. The van der Waals surface area contributed by atoms with E-state index < -0.39 is 0 Å². The minimum Gasteiger partial charge on any atom is -0.444 e. The molecule has 1 amide bonds. The van der Waals surface area contributed by atoms with Crippen molar-refractivity contribution in [2.45, 2.75) is 18.8 Å². The summed E-state index contributed by atoms with van der Waals surface area (Å²) in [5, 5.41) is 4.09. The Morgan fingerprint density at radius 3 is 2.43 bits per heavy atom. The third kappa shape index (κ3) is 3.44. The molecule has 8 heteroatoms. The van der Waals surface area contributed by atoms with Gasteiger partial charge in [0, 0.05) is 43.3 Å². The normalized spacial score (nSPS) is 17.2. The fraction of sp³-hybridized carbons (Fsp3) is 0.350. The van der Waals surface area contributed by atoms with Gasteiger partial charge in [-0.25, -0.2) is 0 Å². The van der Waals surface area contributed by atoms with Crippen molar-refractivity contribution in [3.8, 4) is 11.4 Å². The summed E-state index contributed by atoms with van der Waals surface area (Å²) in [6.07, 6.45) is 2.29. The lowest BCUT2D eigenvalue weighted by atomic mass is 10.1. The van der Waals surface area contributed by atoms with E-state index in [0.29, 0.717) is 35.3 Å². The number of carbonyl (C=O) groups excluding carboxylic acids is 1. The van der Waals surface area contributed by atoms with Crippen molar-refractivity contribution >= 4 is 27.5 Å². The number of hydrogen-bond acceptors (Lipinski definition) is 6. The topological polar surface area (TPSA) is 75.6 Å². The van der Waals surface area contributed by atoms with E-state index >= 15 is 0 Å². The van der Waals surface area contributed by atoms with Gasteiger partial charge in [0.1, 0.15) is 0 Å². The zero-order valence-corrected chi connectivity index (χ0v) is 16.8. The van der Waals surface area contributed by atoms with Gasteiger partial charge in [-0.1, -0.05) is 5.16 Å². The molecule has 144 valence electrons. The number of halogens is 1. The molecule has 2 fully saturated rings. The molecule has 7 nitrogen and oxygen atoms in total. The first kappa shape index (κ1) is 17.5. The molecule has 1 aliphatic heterocycles. The highest BCUT2D eigenvalue weighted by Crippen LogP contribution is 2.39. The third-order valence-corrected chi connectivity index (χ3v) is 5.64. The molecule has 1 aromatic carbocycles.